The van der Waals surface area contributed by atoms with Gasteiger partial charge in [0, 0.05) is 11.8 Å². The number of carboxylic acid groups (broad SMARTS) is 1. The van der Waals surface area contributed by atoms with E-state index in [4.69, 9.17) is 10.8 Å². The van der Waals surface area contributed by atoms with Crippen molar-refractivity contribution in [2.24, 2.45) is 0 Å². The van der Waals surface area contributed by atoms with Gasteiger partial charge in [-0.05, 0) is 24.3 Å². The number of nitrogens with two attached hydrogens (primary N) is 1. The zero-order chi connectivity index (χ0) is 13.1. The lowest BCUT2D eigenvalue weighted by Gasteiger charge is -2.03. The van der Waals surface area contributed by atoms with E-state index >= 15 is 0 Å². The molecule has 2 aromatic rings. The van der Waals surface area contributed by atoms with Crippen molar-refractivity contribution in [1.82, 2.24) is 10.2 Å². The number of rotatable bonds is 3. The molecule has 18 heavy (non-hydrogen) atoms. The predicted octanol–water partition coefficient (Wildman–Crippen LogP) is 0.942. The molecule has 0 bridgehead atoms. The maximum atomic E-state index is 11.7. The number of nitrogens with one attached hydrogen (secondary N) is 2. The van der Waals surface area contributed by atoms with Crippen molar-refractivity contribution in [2.75, 3.05) is 11.1 Å². The number of anilines is 2. The van der Waals surface area contributed by atoms with Crippen LogP contribution in [0.25, 0.3) is 0 Å². The Balaban J connectivity index is 2.10. The van der Waals surface area contributed by atoms with E-state index < -0.39 is 11.9 Å². The molecule has 7 heteroatoms. The Kier molecular flexibility index (Phi) is 2.96. The van der Waals surface area contributed by atoms with Crippen molar-refractivity contribution < 1.29 is 14.7 Å². The van der Waals surface area contributed by atoms with Gasteiger partial charge in [0.1, 0.15) is 11.5 Å². The summed E-state index contributed by atoms with van der Waals surface area (Å²) in [4.78, 5) is 22.3. The normalized spacial score (nSPS) is 10.0. The molecule has 0 aliphatic rings. The Labute approximate surface area is 102 Å². The van der Waals surface area contributed by atoms with E-state index in [1.165, 1.54) is 30.3 Å². The number of aromatic amines is 1. The van der Waals surface area contributed by atoms with E-state index in [0.29, 0.717) is 5.69 Å². The second-order valence-corrected chi connectivity index (χ2v) is 3.54. The van der Waals surface area contributed by atoms with E-state index in [1.54, 1.807) is 0 Å². The molecular formula is C11H10N4O3. The molecule has 0 atom stereocenters. The van der Waals surface area contributed by atoms with Crippen LogP contribution in [0.15, 0.2) is 30.3 Å². The first kappa shape index (κ1) is 11.6. The molecule has 0 unspecified atom stereocenters. The molecule has 5 N–H and O–H groups in total. The average molecular weight is 246 g/mol. The maximum absolute atomic E-state index is 11.7. The van der Waals surface area contributed by atoms with Crippen LogP contribution >= 0.6 is 0 Å². The molecule has 0 radical (unpaired) electrons. The molecule has 1 aromatic carbocycles. The van der Waals surface area contributed by atoms with Crippen molar-refractivity contribution in [3.63, 3.8) is 0 Å². The van der Waals surface area contributed by atoms with E-state index in [9.17, 15) is 9.59 Å². The van der Waals surface area contributed by atoms with Gasteiger partial charge >= 0.3 is 5.97 Å². The predicted molar refractivity (Wildman–Crippen MR) is 64.4 cm³/mol. The third kappa shape index (κ3) is 2.46. The summed E-state index contributed by atoms with van der Waals surface area (Å²) < 4.78 is 0. The van der Waals surface area contributed by atoms with Crippen LogP contribution in [0.1, 0.15) is 20.8 Å². The van der Waals surface area contributed by atoms with Gasteiger partial charge in [-0.2, -0.15) is 5.10 Å². The fourth-order valence-electron chi connectivity index (χ4n) is 1.35. The van der Waals surface area contributed by atoms with Crippen LogP contribution < -0.4 is 11.1 Å². The minimum absolute atomic E-state index is 0.152. The largest absolute Gasteiger partial charge is 0.478 e. The van der Waals surface area contributed by atoms with E-state index in [-0.39, 0.29) is 17.1 Å². The van der Waals surface area contributed by atoms with Crippen LogP contribution in [-0.4, -0.2) is 27.2 Å². The third-order valence-corrected chi connectivity index (χ3v) is 2.23. The number of hydrogen-bond acceptors (Lipinski definition) is 4. The van der Waals surface area contributed by atoms with Gasteiger partial charge in [0.05, 0.1) is 5.56 Å². The molecular weight excluding hydrogens is 236 g/mol. The summed E-state index contributed by atoms with van der Waals surface area (Å²) in [6.45, 7) is 0. The highest BCUT2D eigenvalue weighted by Gasteiger charge is 2.09. The van der Waals surface area contributed by atoms with Gasteiger partial charge in [0.25, 0.3) is 5.91 Å². The molecule has 1 aromatic heterocycles. The minimum atomic E-state index is -1.02. The number of amides is 1. The number of aromatic nitrogens is 2. The van der Waals surface area contributed by atoms with Crippen LogP contribution in [0, 0.1) is 0 Å². The summed E-state index contributed by atoms with van der Waals surface area (Å²) in [5, 5.41) is 17.4. The highest BCUT2D eigenvalue weighted by Crippen LogP contribution is 2.11. The van der Waals surface area contributed by atoms with Gasteiger partial charge in [-0.1, -0.05) is 0 Å². The van der Waals surface area contributed by atoms with Crippen molar-refractivity contribution in [3.8, 4) is 0 Å². The minimum Gasteiger partial charge on any atom is -0.478 e. The molecule has 0 saturated carbocycles. The first-order valence-corrected chi connectivity index (χ1v) is 5.02. The molecule has 2 rings (SSSR count). The summed E-state index contributed by atoms with van der Waals surface area (Å²) in [5.41, 5.74) is 6.24. The Bertz CT molecular complexity index is 589. The average Bonchev–Trinajstić information content (AvgIpc) is 2.76. The van der Waals surface area contributed by atoms with E-state index in [2.05, 4.69) is 15.5 Å². The number of nitrogens with zero attached hydrogens (tertiary/aromatic N) is 1. The Morgan fingerprint density at radius 3 is 2.44 bits per heavy atom. The Hall–Kier alpha value is -2.83. The summed E-state index contributed by atoms with van der Waals surface area (Å²) in [5.74, 6) is -1.20. The van der Waals surface area contributed by atoms with Gasteiger partial charge in [-0.25, -0.2) is 4.79 Å². The molecule has 1 amide bonds. The Morgan fingerprint density at radius 1 is 1.28 bits per heavy atom. The van der Waals surface area contributed by atoms with E-state index in [0.717, 1.165) is 0 Å². The fourth-order valence-corrected chi connectivity index (χ4v) is 1.35. The molecule has 0 aliphatic carbocycles. The van der Waals surface area contributed by atoms with Gasteiger partial charge in [0.2, 0.25) is 0 Å². The van der Waals surface area contributed by atoms with Gasteiger partial charge < -0.3 is 16.2 Å². The van der Waals surface area contributed by atoms with E-state index in [1.807, 2.05) is 0 Å². The second kappa shape index (κ2) is 4.58. The van der Waals surface area contributed by atoms with Gasteiger partial charge in [-0.3, -0.25) is 9.89 Å². The molecule has 0 saturated heterocycles. The molecule has 7 nitrogen and oxygen atoms in total. The SMILES string of the molecule is Nc1cc(C(=O)Nc2ccc(C(=O)O)cc2)[nH]n1. The summed E-state index contributed by atoms with van der Waals surface area (Å²) in [6, 6.07) is 7.21. The number of H-pyrrole nitrogens is 1. The first-order chi connectivity index (χ1) is 8.56. The molecule has 0 fully saturated rings. The fraction of sp³-hybridized carbons (Fsp3) is 0. The third-order valence-electron chi connectivity index (χ3n) is 2.23. The maximum Gasteiger partial charge on any atom is 0.335 e. The number of hydrogen-bond donors (Lipinski definition) is 4. The number of carboxylic acids is 1. The van der Waals surface area contributed by atoms with Crippen molar-refractivity contribution in [3.05, 3.63) is 41.6 Å². The van der Waals surface area contributed by atoms with Crippen molar-refractivity contribution in [2.45, 2.75) is 0 Å². The second-order valence-electron chi connectivity index (χ2n) is 3.54. The quantitative estimate of drug-likeness (QED) is 0.642. The summed E-state index contributed by atoms with van der Waals surface area (Å²) in [6.07, 6.45) is 0. The monoisotopic (exact) mass is 246 g/mol. The Morgan fingerprint density at radius 2 is 1.94 bits per heavy atom. The summed E-state index contributed by atoms with van der Waals surface area (Å²) in [7, 11) is 0. The standard InChI is InChI=1S/C11H10N4O3/c12-9-5-8(14-15-9)10(16)13-7-3-1-6(2-4-7)11(17)18/h1-5H,(H,13,16)(H,17,18)(H3,12,14,15). The lowest BCUT2D eigenvalue weighted by Crippen LogP contribution is -2.12. The summed E-state index contributed by atoms with van der Waals surface area (Å²) >= 11 is 0. The zero-order valence-electron chi connectivity index (χ0n) is 9.18. The highest BCUT2D eigenvalue weighted by atomic mass is 16.4. The van der Waals surface area contributed by atoms with Gasteiger partial charge in [0.15, 0.2) is 0 Å². The van der Waals surface area contributed by atoms with Crippen molar-refractivity contribution in [1.29, 1.82) is 0 Å². The molecule has 0 spiro atoms. The lowest BCUT2D eigenvalue weighted by molar-refractivity contribution is 0.0696. The highest BCUT2D eigenvalue weighted by molar-refractivity contribution is 6.03. The zero-order valence-corrected chi connectivity index (χ0v) is 9.18. The number of aromatic carboxylic acids is 1. The van der Waals surface area contributed by atoms with Crippen LogP contribution in [0.5, 0.6) is 0 Å². The number of benzene rings is 1. The number of carbonyl (C=O) groups excluding carboxylic acids is 1. The smallest absolute Gasteiger partial charge is 0.335 e. The van der Waals surface area contributed by atoms with Crippen LogP contribution in [0.3, 0.4) is 0 Å². The number of carbonyl (C=O) groups is 2. The topological polar surface area (TPSA) is 121 Å². The molecule has 1 heterocycles. The van der Waals surface area contributed by atoms with Gasteiger partial charge in [-0.15, -0.1) is 0 Å². The van der Waals surface area contributed by atoms with Crippen LogP contribution in [0.2, 0.25) is 0 Å². The van der Waals surface area contributed by atoms with Crippen LogP contribution in [0.4, 0.5) is 11.5 Å². The van der Waals surface area contributed by atoms with Crippen LogP contribution in [-0.2, 0) is 0 Å². The lowest BCUT2D eigenvalue weighted by atomic mass is 10.2. The number of nitrogen functional groups attached to an aromatic ring is 1. The molecule has 92 valence electrons. The first-order valence-electron chi connectivity index (χ1n) is 5.02. The van der Waals surface area contributed by atoms with Crippen molar-refractivity contribution >= 4 is 23.4 Å². The molecule has 0 aliphatic heterocycles.